The summed E-state index contributed by atoms with van der Waals surface area (Å²) in [5.74, 6) is 0. The maximum atomic E-state index is 12.3. The number of carbonyl (C=O) groups excluding carboxylic acids is 1. The Hall–Kier alpha value is -1.59. The maximum absolute atomic E-state index is 12.3. The topological polar surface area (TPSA) is 44.8 Å². The van der Waals surface area contributed by atoms with E-state index in [0.29, 0.717) is 6.04 Å². The Labute approximate surface area is 132 Å². The predicted octanol–water partition coefficient (Wildman–Crippen LogP) is 2.32. The molecule has 0 atom stereocenters. The van der Waals surface area contributed by atoms with E-state index in [4.69, 9.17) is 4.74 Å². The minimum atomic E-state index is 0.0179. The zero-order valence-corrected chi connectivity index (χ0v) is 13.3. The first-order chi connectivity index (χ1) is 10.7. The van der Waals surface area contributed by atoms with Gasteiger partial charge in [0.2, 0.25) is 0 Å². The van der Waals surface area contributed by atoms with Crippen molar-refractivity contribution in [3.8, 4) is 0 Å². The Morgan fingerprint density at radius 2 is 1.73 bits per heavy atom. The third-order valence-electron chi connectivity index (χ3n) is 4.62. The number of anilines is 1. The Morgan fingerprint density at radius 3 is 2.36 bits per heavy atom. The molecule has 0 bridgehead atoms. The Kier molecular flexibility index (Phi) is 4.95. The molecule has 22 heavy (non-hydrogen) atoms. The molecule has 2 heterocycles. The molecule has 2 aliphatic rings. The maximum Gasteiger partial charge on any atom is 0.321 e. The van der Waals surface area contributed by atoms with Gasteiger partial charge in [0.1, 0.15) is 0 Å². The number of amides is 2. The second-order valence-electron chi connectivity index (χ2n) is 6.16. The van der Waals surface area contributed by atoms with Gasteiger partial charge in [-0.3, -0.25) is 4.90 Å². The van der Waals surface area contributed by atoms with Crippen molar-refractivity contribution >= 4 is 11.7 Å². The molecule has 0 aliphatic carbocycles. The van der Waals surface area contributed by atoms with Crippen LogP contribution in [0.2, 0.25) is 0 Å². The normalized spacial score (nSPS) is 20.9. The van der Waals surface area contributed by atoms with Gasteiger partial charge in [-0.25, -0.2) is 4.79 Å². The molecule has 0 saturated carbocycles. The highest BCUT2D eigenvalue weighted by Crippen LogP contribution is 2.19. The van der Waals surface area contributed by atoms with Crippen molar-refractivity contribution in [3.63, 3.8) is 0 Å². The molecule has 2 fully saturated rings. The molecule has 0 unspecified atom stereocenters. The molecule has 1 aromatic carbocycles. The molecule has 2 amide bonds. The summed E-state index contributed by atoms with van der Waals surface area (Å²) in [5, 5.41) is 2.99. The summed E-state index contributed by atoms with van der Waals surface area (Å²) in [7, 11) is 0. The van der Waals surface area contributed by atoms with Crippen molar-refractivity contribution in [2.75, 3.05) is 44.7 Å². The van der Waals surface area contributed by atoms with E-state index in [1.165, 1.54) is 5.56 Å². The van der Waals surface area contributed by atoms with Crippen molar-refractivity contribution in [2.45, 2.75) is 25.8 Å². The summed E-state index contributed by atoms with van der Waals surface area (Å²) in [5.41, 5.74) is 2.07. The summed E-state index contributed by atoms with van der Waals surface area (Å²) in [4.78, 5) is 16.8. The number of hydrogen-bond donors (Lipinski definition) is 1. The molecule has 1 aromatic rings. The number of nitrogens with one attached hydrogen (secondary N) is 1. The first kappa shape index (κ1) is 15.3. The molecule has 5 heteroatoms. The second kappa shape index (κ2) is 7.11. The smallest absolute Gasteiger partial charge is 0.321 e. The number of likely N-dealkylation sites (tertiary alicyclic amines) is 1. The van der Waals surface area contributed by atoms with Crippen molar-refractivity contribution in [2.24, 2.45) is 0 Å². The molecule has 0 radical (unpaired) electrons. The number of piperidine rings is 1. The van der Waals surface area contributed by atoms with Crippen molar-refractivity contribution < 1.29 is 9.53 Å². The average molecular weight is 303 g/mol. The van der Waals surface area contributed by atoms with E-state index in [0.717, 1.165) is 57.9 Å². The van der Waals surface area contributed by atoms with Crippen LogP contribution in [0.25, 0.3) is 0 Å². The molecule has 5 nitrogen and oxygen atoms in total. The highest BCUT2D eigenvalue weighted by atomic mass is 16.5. The van der Waals surface area contributed by atoms with Crippen LogP contribution in [-0.2, 0) is 4.74 Å². The van der Waals surface area contributed by atoms with Crippen molar-refractivity contribution in [1.29, 1.82) is 0 Å². The Morgan fingerprint density at radius 1 is 1.09 bits per heavy atom. The number of hydrogen-bond acceptors (Lipinski definition) is 3. The van der Waals surface area contributed by atoms with Gasteiger partial charge in [-0.2, -0.15) is 0 Å². The first-order valence-electron chi connectivity index (χ1n) is 8.17. The average Bonchev–Trinajstić information content (AvgIpc) is 2.58. The Bertz CT molecular complexity index is 489. The number of rotatable bonds is 2. The molecule has 0 aromatic heterocycles. The predicted molar refractivity (Wildman–Crippen MR) is 87.2 cm³/mol. The van der Waals surface area contributed by atoms with Gasteiger partial charge in [-0.05, 0) is 31.9 Å². The zero-order chi connectivity index (χ0) is 15.4. The van der Waals surface area contributed by atoms with Gasteiger partial charge in [0.15, 0.2) is 0 Å². The molecule has 2 saturated heterocycles. The van der Waals surface area contributed by atoms with Gasteiger partial charge in [-0.1, -0.05) is 17.7 Å². The van der Waals surface area contributed by atoms with E-state index in [2.05, 4.69) is 10.2 Å². The van der Waals surface area contributed by atoms with E-state index < -0.39 is 0 Å². The number of nitrogens with zero attached hydrogens (tertiary/aromatic N) is 2. The lowest BCUT2D eigenvalue weighted by molar-refractivity contribution is 0.00419. The molecule has 120 valence electrons. The SMILES string of the molecule is Cc1ccc(NC(=O)N2CCC(N3CCOCC3)CC2)cc1. The quantitative estimate of drug-likeness (QED) is 0.912. The zero-order valence-electron chi connectivity index (χ0n) is 13.3. The van der Waals surface area contributed by atoms with Crippen LogP contribution in [0.3, 0.4) is 0 Å². The van der Waals surface area contributed by atoms with Gasteiger partial charge < -0.3 is 15.0 Å². The summed E-state index contributed by atoms with van der Waals surface area (Å²) < 4.78 is 5.41. The highest BCUT2D eigenvalue weighted by Gasteiger charge is 2.27. The third kappa shape index (κ3) is 3.78. The van der Waals surface area contributed by atoms with Gasteiger partial charge in [-0.15, -0.1) is 0 Å². The molecular weight excluding hydrogens is 278 g/mol. The number of ether oxygens (including phenoxy) is 1. The van der Waals surface area contributed by atoms with Gasteiger partial charge in [0, 0.05) is 37.9 Å². The van der Waals surface area contributed by atoms with Crippen LogP contribution in [0.5, 0.6) is 0 Å². The largest absolute Gasteiger partial charge is 0.379 e. The van der Waals surface area contributed by atoms with E-state index in [9.17, 15) is 4.79 Å². The van der Waals surface area contributed by atoms with Crippen LogP contribution >= 0.6 is 0 Å². The fourth-order valence-electron chi connectivity index (χ4n) is 3.22. The van der Waals surface area contributed by atoms with E-state index in [-0.39, 0.29) is 6.03 Å². The number of benzene rings is 1. The summed E-state index contributed by atoms with van der Waals surface area (Å²) in [6, 6.07) is 8.55. The fourth-order valence-corrected chi connectivity index (χ4v) is 3.22. The van der Waals surface area contributed by atoms with E-state index >= 15 is 0 Å². The fraction of sp³-hybridized carbons (Fsp3) is 0.588. The monoisotopic (exact) mass is 303 g/mol. The first-order valence-corrected chi connectivity index (χ1v) is 8.17. The Balaban J connectivity index is 1.48. The molecule has 1 N–H and O–H groups in total. The molecular formula is C17H25N3O2. The van der Waals surface area contributed by atoms with Crippen LogP contribution in [0, 0.1) is 6.92 Å². The van der Waals surface area contributed by atoms with Gasteiger partial charge in [0.05, 0.1) is 13.2 Å². The van der Waals surface area contributed by atoms with Gasteiger partial charge >= 0.3 is 6.03 Å². The lowest BCUT2D eigenvalue weighted by Crippen LogP contribution is -2.50. The summed E-state index contributed by atoms with van der Waals surface area (Å²) in [6.45, 7) is 7.45. The van der Waals surface area contributed by atoms with Crippen LogP contribution in [0.4, 0.5) is 10.5 Å². The number of urea groups is 1. The van der Waals surface area contributed by atoms with Crippen LogP contribution in [-0.4, -0.2) is 61.3 Å². The van der Waals surface area contributed by atoms with Crippen molar-refractivity contribution in [3.05, 3.63) is 29.8 Å². The number of morpholine rings is 1. The minimum Gasteiger partial charge on any atom is -0.379 e. The summed E-state index contributed by atoms with van der Waals surface area (Å²) in [6.07, 6.45) is 2.11. The number of aryl methyl sites for hydroxylation is 1. The summed E-state index contributed by atoms with van der Waals surface area (Å²) >= 11 is 0. The van der Waals surface area contributed by atoms with Gasteiger partial charge in [0.25, 0.3) is 0 Å². The highest BCUT2D eigenvalue weighted by molar-refractivity contribution is 5.89. The lowest BCUT2D eigenvalue weighted by atomic mass is 10.0. The molecule has 3 rings (SSSR count). The second-order valence-corrected chi connectivity index (χ2v) is 6.16. The van der Waals surface area contributed by atoms with Crippen molar-refractivity contribution in [1.82, 2.24) is 9.80 Å². The number of carbonyl (C=O) groups is 1. The molecule has 0 spiro atoms. The molecule has 2 aliphatic heterocycles. The van der Waals surface area contributed by atoms with Crippen LogP contribution < -0.4 is 5.32 Å². The minimum absolute atomic E-state index is 0.0179. The lowest BCUT2D eigenvalue weighted by Gasteiger charge is -2.40. The standard InChI is InChI=1S/C17H25N3O2/c1-14-2-4-15(5-3-14)18-17(21)20-8-6-16(7-9-20)19-10-12-22-13-11-19/h2-5,16H,6-13H2,1H3,(H,18,21). The van der Waals surface area contributed by atoms with Crippen LogP contribution in [0.15, 0.2) is 24.3 Å². The third-order valence-corrected chi connectivity index (χ3v) is 4.62. The van der Waals surface area contributed by atoms with E-state index in [1.807, 2.05) is 36.1 Å². The van der Waals surface area contributed by atoms with Crippen LogP contribution in [0.1, 0.15) is 18.4 Å². The van der Waals surface area contributed by atoms with E-state index in [1.54, 1.807) is 0 Å².